The van der Waals surface area contributed by atoms with Crippen LogP contribution in [0, 0.1) is 17.8 Å². The Morgan fingerprint density at radius 1 is 1.10 bits per heavy atom. The van der Waals surface area contributed by atoms with Gasteiger partial charge in [-0.15, -0.1) is 0 Å². The van der Waals surface area contributed by atoms with E-state index in [0.29, 0.717) is 28.3 Å². The van der Waals surface area contributed by atoms with Gasteiger partial charge in [-0.05, 0) is 59.9 Å². The van der Waals surface area contributed by atoms with Crippen molar-refractivity contribution in [1.82, 2.24) is 4.90 Å². The van der Waals surface area contributed by atoms with E-state index < -0.39 is 12.1 Å². The van der Waals surface area contributed by atoms with Crippen LogP contribution in [-0.2, 0) is 4.74 Å². The third kappa shape index (κ3) is 3.85. The van der Waals surface area contributed by atoms with Crippen molar-refractivity contribution in [3.63, 3.8) is 0 Å². The van der Waals surface area contributed by atoms with Gasteiger partial charge >= 0.3 is 6.09 Å². The minimum Gasteiger partial charge on any atom is -0.445 e. The van der Waals surface area contributed by atoms with Gasteiger partial charge in [0.2, 0.25) is 0 Å². The van der Waals surface area contributed by atoms with E-state index in [1.54, 1.807) is 18.2 Å². The van der Waals surface area contributed by atoms with E-state index in [9.17, 15) is 9.59 Å². The van der Waals surface area contributed by atoms with Crippen molar-refractivity contribution in [1.29, 1.82) is 0 Å². The van der Waals surface area contributed by atoms with Gasteiger partial charge in [0.05, 0.1) is 6.04 Å². The molecule has 1 fully saturated rings. The number of rotatable bonds is 3. The minimum absolute atomic E-state index is 0.163. The Balaban J connectivity index is 1.66. The summed E-state index contributed by atoms with van der Waals surface area (Å²) < 4.78 is 6.04. The molecule has 2 amide bonds. The molecule has 1 aliphatic heterocycles. The molecule has 0 aromatic heterocycles. The molecule has 0 N–H and O–H groups in total. The molecule has 1 aliphatic carbocycles. The van der Waals surface area contributed by atoms with E-state index in [-0.39, 0.29) is 12.0 Å². The number of nitrogens with zero attached hydrogens (tertiary/aromatic N) is 1. The molecule has 2 aromatic rings. The van der Waals surface area contributed by atoms with Crippen molar-refractivity contribution >= 4 is 23.6 Å². The fourth-order valence-electron chi connectivity index (χ4n) is 4.91. The highest BCUT2D eigenvalue weighted by molar-refractivity contribution is 6.30. The van der Waals surface area contributed by atoms with Gasteiger partial charge in [-0.2, -0.15) is 0 Å². The van der Waals surface area contributed by atoms with Crippen molar-refractivity contribution in [2.75, 3.05) is 0 Å². The second kappa shape index (κ2) is 8.43. The van der Waals surface area contributed by atoms with Gasteiger partial charge < -0.3 is 4.74 Å². The zero-order chi connectivity index (χ0) is 21.4. The van der Waals surface area contributed by atoms with Gasteiger partial charge in [-0.3, -0.25) is 4.79 Å². The van der Waals surface area contributed by atoms with Crippen LogP contribution >= 0.6 is 11.6 Å². The number of imide groups is 1. The van der Waals surface area contributed by atoms with Crippen LogP contribution in [0.15, 0.2) is 48.5 Å². The second-order valence-corrected chi connectivity index (χ2v) is 9.40. The number of fused-ring (bicyclic) bond motifs is 1. The predicted octanol–water partition coefficient (Wildman–Crippen LogP) is 6.48. The maximum absolute atomic E-state index is 13.4. The van der Waals surface area contributed by atoms with E-state index >= 15 is 0 Å². The monoisotopic (exact) mass is 425 g/mol. The van der Waals surface area contributed by atoms with Gasteiger partial charge in [0.25, 0.3) is 5.91 Å². The topological polar surface area (TPSA) is 46.6 Å². The van der Waals surface area contributed by atoms with Crippen LogP contribution in [0.5, 0.6) is 0 Å². The lowest BCUT2D eigenvalue weighted by Crippen LogP contribution is -2.42. The lowest BCUT2D eigenvalue weighted by atomic mass is 9.75. The maximum Gasteiger partial charge on any atom is 0.417 e. The summed E-state index contributed by atoms with van der Waals surface area (Å²) in [6.45, 7) is 6.55. The molecule has 2 aromatic carbocycles. The Hall–Kier alpha value is -2.33. The summed E-state index contributed by atoms with van der Waals surface area (Å²) in [5, 5.41) is 0.612. The molecule has 0 radical (unpaired) electrons. The average Bonchev–Trinajstić information content (AvgIpc) is 3.01. The average molecular weight is 426 g/mol. The Bertz CT molecular complexity index is 940. The minimum atomic E-state index is -0.555. The summed E-state index contributed by atoms with van der Waals surface area (Å²) in [7, 11) is 0. The number of carbonyl (C=O) groups is 2. The standard InChI is InChI=1S/C25H28ClNO3/c1-15(2)19-13-8-16(3)14-22(19)30-25(29)27-23(17-9-11-18(26)12-10-17)20-6-4-5-7-21(20)24(27)28/h4-7,9-12,15-16,19,22-23H,8,13-14H2,1-3H3/t16-,19-,22+,23+/m1/s1. The molecule has 0 unspecified atom stereocenters. The SMILES string of the molecule is CC(C)[C@H]1CC[C@@H](C)C[C@@H]1OC(=O)N1C(=O)c2ccccc2[C@@H]1c1ccc(Cl)cc1. The molecule has 158 valence electrons. The molecule has 4 atom stereocenters. The van der Waals surface area contributed by atoms with Crippen LogP contribution in [0.25, 0.3) is 0 Å². The second-order valence-electron chi connectivity index (χ2n) is 8.96. The van der Waals surface area contributed by atoms with Crippen molar-refractivity contribution in [3.05, 3.63) is 70.2 Å². The Labute approximate surface area is 183 Å². The van der Waals surface area contributed by atoms with E-state index in [1.807, 2.05) is 30.3 Å². The van der Waals surface area contributed by atoms with Crippen LogP contribution in [0.4, 0.5) is 4.79 Å². The van der Waals surface area contributed by atoms with Gasteiger partial charge in [-0.25, -0.2) is 9.69 Å². The summed E-state index contributed by atoms with van der Waals surface area (Å²) in [5.41, 5.74) is 2.21. The summed E-state index contributed by atoms with van der Waals surface area (Å²) in [6, 6.07) is 14.2. The normalized spacial score (nSPS) is 26.0. The molecule has 1 saturated carbocycles. The molecular formula is C25H28ClNO3. The van der Waals surface area contributed by atoms with Gasteiger partial charge in [0, 0.05) is 10.6 Å². The lowest BCUT2D eigenvalue weighted by Gasteiger charge is -2.37. The molecular weight excluding hydrogens is 398 g/mol. The summed E-state index contributed by atoms with van der Waals surface area (Å²) in [5.74, 6) is 0.949. The first kappa shape index (κ1) is 20.9. The van der Waals surface area contributed by atoms with Crippen molar-refractivity contribution < 1.29 is 14.3 Å². The first-order valence-corrected chi connectivity index (χ1v) is 11.1. The van der Waals surface area contributed by atoms with Crippen LogP contribution in [0.1, 0.15) is 67.6 Å². The van der Waals surface area contributed by atoms with E-state index in [4.69, 9.17) is 16.3 Å². The zero-order valence-electron chi connectivity index (χ0n) is 17.7. The van der Waals surface area contributed by atoms with E-state index in [1.165, 1.54) is 4.90 Å². The number of carbonyl (C=O) groups excluding carboxylic acids is 2. The number of halogens is 1. The van der Waals surface area contributed by atoms with Crippen molar-refractivity contribution in [2.45, 2.75) is 52.2 Å². The highest BCUT2D eigenvalue weighted by Gasteiger charge is 2.44. The quantitative estimate of drug-likeness (QED) is 0.565. The largest absolute Gasteiger partial charge is 0.445 e. The third-order valence-corrected chi connectivity index (χ3v) is 6.81. The molecule has 30 heavy (non-hydrogen) atoms. The fraction of sp³-hybridized carbons (Fsp3) is 0.440. The summed E-state index contributed by atoms with van der Waals surface area (Å²) in [4.78, 5) is 27.9. The van der Waals surface area contributed by atoms with Gasteiger partial charge in [-0.1, -0.05) is 69.1 Å². The van der Waals surface area contributed by atoms with Crippen molar-refractivity contribution in [2.24, 2.45) is 17.8 Å². The molecule has 0 bridgehead atoms. The van der Waals surface area contributed by atoms with E-state index in [0.717, 1.165) is 30.4 Å². The Morgan fingerprint density at radius 3 is 2.50 bits per heavy atom. The highest BCUT2D eigenvalue weighted by Crippen LogP contribution is 2.41. The zero-order valence-corrected chi connectivity index (χ0v) is 18.4. The molecule has 4 nitrogen and oxygen atoms in total. The predicted molar refractivity (Wildman–Crippen MR) is 118 cm³/mol. The smallest absolute Gasteiger partial charge is 0.417 e. The highest BCUT2D eigenvalue weighted by atomic mass is 35.5. The maximum atomic E-state index is 13.4. The number of hydrogen-bond acceptors (Lipinski definition) is 3. The first-order chi connectivity index (χ1) is 14.4. The van der Waals surface area contributed by atoms with Crippen LogP contribution < -0.4 is 0 Å². The van der Waals surface area contributed by atoms with Gasteiger partial charge in [0.15, 0.2) is 0 Å². The Kier molecular flexibility index (Phi) is 5.88. The first-order valence-electron chi connectivity index (χ1n) is 10.8. The molecule has 1 heterocycles. The lowest BCUT2D eigenvalue weighted by molar-refractivity contribution is -0.01000. The summed E-state index contributed by atoms with van der Waals surface area (Å²) in [6.07, 6.45) is 2.32. The number of ether oxygens (including phenoxy) is 1. The fourth-order valence-corrected chi connectivity index (χ4v) is 5.04. The summed E-state index contributed by atoms with van der Waals surface area (Å²) >= 11 is 6.06. The van der Waals surface area contributed by atoms with Crippen molar-refractivity contribution in [3.8, 4) is 0 Å². The Morgan fingerprint density at radius 2 is 1.80 bits per heavy atom. The molecule has 0 spiro atoms. The van der Waals surface area contributed by atoms with Gasteiger partial charge in [0.1, 0.15) is 6.10 Å². The molecule has 4 rings (SSSR count). The number of hydrogen-bond donors (Lipinski definition) is 0. The number of amides is 2. The van der Waals surface area contributed by atoms with Crippen LogP contribution in [0.3, 0.4) is 0 Å². The van der Waals surface area contributed by atoms with Crippen LogP contribution in [0.2, 0.25) is 5.02 Å². The molecule has 0 saturated heterocycles. The van der Waals surface area contributed by atoms with Crippen LogP contribution in [-0.4, -0.2) is 23.0 Å². The number of benzene rings is 2. The third-order valence-electron chi connectivity index (χ3n) is 6.56. The molecule has 5 heteroatoms. The molecule has 2 aliphatic rings. The van der Waals surface area contributed by atoms with E-state index in [2.05, 4.69) is 20.8 Å².